The summed E-state index contributed by atoms with van der Waals surface area (Å²) in [7, 11) is 0. The van der Waals surface area contributed by atoms with E-state index in [0.29, 0.717) is 27.0 Å². The Balaban J connectivity index is 1.24. The van der Waals surface area contributed by atoms with Crippen molar-refractivity contribution in [3.63, 3.8) is 0 Å². The summed E-state index contributed by atoms with van der Waals surface area (Å²) in [5.74, 6) is -1.20. The van der Waals surface area contributed by atoms with Gasteiger partial charge in [-0.2, -0.15) is 0 Å². The molecule has 0 aliphatic rings. The molecule has 0 bridgehead atoms. The van der Waals surface area contributed by atoms with E-state index in [1.54, 1.807) is 66.7 Å². The minimum atomic E-state index is -0.644. The predicted molar refractivity (Wildman–Crippen MR) is 209 cm³/mol. The van der Waals surface area contributed by atoms with Crippen LogP contribution in [0.25, 0.3) is 17.2 Å². The first-order chi connectivity index (χ1) is 24.8. The second-order valence-electron chi connectivity index (χ2n) is 11.4. The highest BCUT2D eigenvalue weighted by Crippen LogP contribution is 2.37. The van der Waals surface area contributed by atoms with Crippen LogP contribution in [0.4, 0.5) is 11.4 Å². The first kappa shape index (κ1) is 35.2. The number of hydrogen-bond donors (Lipinski definition) is 3. The number of carbonyl (C=O) groups is 3. The maximum atomic E-state index is 13.8. The summed E-state index contributed by atoms with van der Waals surface area (Å²) < 4.78 is 0. The molecule has 6 aromatic rings. The lowest BCUT2D eigenvalue weighted by molar-refractivity contribution is -0.116. The fourth-order valence-electron chi connectivity index (χ4n) is 5.23. The Morgan fingerprint density at radius 1 is 0.588 bits per heavy atom. The Labute approximate surface area is 310 Å². The number of halogens is 2. The van der Waals surface area contributed by atoms with Crippen LogP contribution in [-0.4, -0.2) is 17.7 Å². The number of anilines is 2. The van der Waals surface area contributed by atoms with Crippen molar-refractivity contribution in [3.8, 4) is 11.1 Å². The van der Waals surface area contributed by atoms with Crippen LogP contribution in [0, 0.1) is 0 Å². The summed E-state index contributed by atoms with van der Waals surface area (Å²) in [5, 5.41) is 8.81. The van der Waals surface area contributed by atoms with Gasteiger partial charge in [-0.25, -0.2) is 0 Å². The first-order valence-electron chi connectivity index (χ1n) is 15.9. The van der Waals surface area contributed by atoms with Crippen LogP contribution >= 0.6 is 35.0 Å². The van der Waals surface area contributed by atoms with Crippen molar-refractivity contribution in [2.45, 2.75) is 10.1 Å². The largest absolute Gasteiger partial charge is 0.325 e. The predicted octanol–water partition coefficient (Wildman–Crippen LogP) is 10.5. The molecule has 51 heavy (non-hydrogen) atoms. The Morgan fingerprint density at radius 2 is 1.20 bits per heavy atom. The fraction of sp³-hybridized carbons (Fsp3) is 0.0238. The Bertz CT molecular complexity index is 2160. The molecule has 6 nitrogen and oxygen atoms in total. The molecule has 0 aliphatic carbocycles. The molecule has 1 atom stereocenters. The van der Waals surface area contributed by atoms with Gasteiger partial charge in [0.05, 0.1) is 0 Å². The van der Waals surface area contributed by atoms with Gasteiger partial charge >= 0.3 is 0 Å². The molecule has 3 amide bonds. The van der Waals surface area contributed by atoms with Crippen LogP contribution in [0.2, 0.25) is 10.0 Å². The zero-order chi connectivity index (χ0) is 35.6. The Morgan fingerprint density at radius 3 is 1.86 bits per heavy atom. The van der Waals surface area contributed by atoms with Crippen LogP contribution in [0.3, 0.4) is 0 Å². The van der Waals surface area contributed by atoms with Gasteiger partial charge in [-0.05, 0) is 76.9 Å². The monoisotopic (exact) mass is 727 g/mol. The molecule has 0 radical (unpaired) electrons. The van der Waals surface area contributed by atoms with Crippen molar-refractivity contribution in [2.75, 3.05) is 10.6 Å². The molecule has 0 aromatic heterocycles. The lowest BCUT2D eigenvalue weighted by Crippen LogP contribution is -2.30. The summed E-state index contributed by atoms with van der Waals surface area (Å²) in [5.41, 5.74) is 5.06. The molecule has 0 saturated heterocycles. The van der Waals surface area contributed by atoms with E-state index in [0.717, 1.165) is 27.1 Å². The molecule has 0 aliphatic heterocycles. The summed E-state index contributed by atoms with van der Waals surface area (Å²) in [6, 6.07) is 47.9. The Hall–Kier alpha value is -5.60. The Kier molecular flexibility index (Phi) is 11.7. The number of rotatable bonds is 11. The van der Waals surface area contributed by atoms with E-state index >= 15 is 0 Å². The lowest BCUT2D eigenvalue weighted by Gasteiger charge is -2.18. The van der Waals surface area contributed by atoms with Gasteiger partial charge in [-0.15, -0.1) is 11.8 Å². The van der Waals surface area contributed by atoms with E-state index in [-0.39, 0.29) is 11.6 Å². The lowest BCUT2D eigenvalue weighted by atomic mass is 10.0. The molecule has 0 fully saturated rings. The normalized spacial score (nSPS) is 11.7. The number of nitrogens with one attached hydrogen (secondary N) is 3. The SMILES string of the molecule is O=C(Nc1cccc(SC(C(=O)Nc2cc(Cl)cc(Cl)c2)c2ccccc2)c1)/C(=C\c1ccc(-c2ccccc2)cc1)NC(=O)c1ccccc1. The van der Waals surface area contributed by atoms with Crippen molar-refractivity contribution < 1.29 is 14.4 Å². The van der Waals surface area contributed by atoms with Crippen molar-refractivity contribution >= 4 is 70.1 Å². The standard InChI is InChI=1S/C42H31Cl2N3O3S/c43-33-24-34(44)26-36(25-33)46-42(50)39(31-13-6-2-7-14-31)51-37-18-10-17-35(27-37)45-41(49)38(47-40(48)32-15-8-3-9-16-32)23-28-19-21-30(22-20-28)29-11-4-1-5-12-29/h1-27,39H,(H,45,49)(H,46,50)(H,47,48)/b38-23+. The highest BCUT2D eigenvalue weighted by atomic mass is 35.5. The van der Waals surface area contributed by atoms with Gasteiger partial charge < -0.3 is 16.0 Å². The molecule has 0 saturated carbocycles. The van der Waals surface area contributed by atoms with Crippen LogP contribution in [0.1, 0.15) is 26.7 Å². The molecule has 0 heterocycles. The topological polar surface area (TPSA) is 87.3 Å². The second-order valence-corrected chi connectivity index (χ2v) is 13.5. The van der Waals surface area contributed by atoms with E-state index < -0.39 is 17.1 Å². The molecule has 1 unspecified atom stereocenters. The summed E-state index contributed by atoms with van der Waals surface area (Å²) in [4.78, 5) is 41.4. The van der Waals surface area contributed by atoms with E-state index in [9.17, 15) is 14.4 Å². The molecular weight excluding hydrogens is 697 g/mol. The van der Waals surface area contributed by atoms with Crippen LogP contribution in [0.5, 0.6) is 0 Å². The third kappa shape index (κ3) is 9.77. The maximum Gasteiger partial charge on any atom is 0.272 e. The van der Waals surface area contributed by atoms with Gasteiger partial charge in [0, 0.05) is 31.9 Å². The second kappa shape index (κ2) is 16.9. The van der Waals surface area contributed by atoms with E-state index in [1.807, 2.05) is 97.1 Å². The molecule has 6 rings (SSSR count). The smallest absolute Gasteiger partial charge is 0.272 e. The molecular formula is C42H31Cl2N3O3S. The number of benzene rings is 6. The zero-order valence-corrected chi connectivity index (χ0v) is 29.4. The van der Waals surface area contributed by atoms with Gasteiger partial charge in [0.2, 0.25) is 5.91 Å². The molecule has 252 valence electrons. The van der Waals surface area contributed by atoms with Crippen LogP contribution in [0.15, 0.2) is 168 Å². The number of amides is 3. The molecule has 9 heteroatoms. The number of thioether (sulfide) groups is 1. The minimum absolute atomic E-state index is 0.0658. The molecule has 3 N–H and O–H groups in total. The van der Waals surface area contributed by atoms with E-state index in [4.69, 9.17) is 23.2 Å². The molecule has 6 aromatic carbocycles. The quantitative estimate of drug-likeness (QED) is 0.0916. The van der Waals surface area contributed by atoms with Crippen molar-refractivity contribution in [2.24, 2.45) is 0 Å². The van der Waals surface area contributed by atoms with Crippen LogP contribution < -0.4 is 16.0 Å². The molecule has 0 spiro atoms. The summed E-state index contributed by atoms with van der Waals surface area (Å²) >= 11 is 13.7. The van der Waals surface area contributed by atoms with Gasteiger partial charge in [0.25, 0.3) is 11.8 Å². The summed E-state index contributed by atoms with van der Waals surface area (Å²) in [6.07, 6.45) is 1.64. The third-order valence-electron chi connectivity index (χ3n) is 7.67. The minimum Gasteiger partial charge on any atom is -0.325 e. The van der Waals surface area contributed by atoms with Crippen molar-refractivity contribution in [1.29, 1.82) is 0 Å². The summed E-state index contributed by atoms with van der Waals surface area (Å²) in [6.45, 7) is 0. The highest BCUT2D eigenvalue weighted by molar-refractivity contribution is 8.00. The van der Waals surface area contributed by atoms with E-state index in [2.05, 4.69) is 16.0 Å². The van der Waals surface area contributed by atoms with Gasteiger partial charge in [0.1, 0.15) is 10.9 Å². The average Bonchev–Trinajstić information content (AvgIpc) is 3.14. The van der Waals surface area contributed by atoms with Gasteiger partial charge in [-0.1, -0.05) is 132 Å². The number of carbonyl (C=O) groups excluding carboxylic acids is 3. The fourth-order valence-corrected chi connectivity index (χ4v) is 6.84. The van der Waals surface area contributed by atoms with Gasteiger partial charge in [0.15, 0.2) is 0 Å². The number of hydrogen-bond acceptors (Lipinski definition) is 4. The zero-order valence-electron chi connectivity index (χ0n) is 27.1. The average molecular weight is 729 g/mol. The van der Waals surface area contributed by atoms with Crippen LogP contribution in [-0.2, 0) is 9.59 Å². The first-order valence-corrected chi connectivity index (χ1v) is 17.6. The van der Waals surface area contributed by atoms with Crippen molar-refractivity contribution in [1.82, 2.24) is 5.32 Å². The highest BCUT2D eigenvalue weighted by Gasteiger charge is 2.23. The van der Waals surface area contributed by atoms with Gasteiger partial charge in [-0.3, -0.25) is 14.4 Å². The third-order valence-corrected chi connectivity index (χ3v) is 9.36. The maximum absolute atomic E-state index is 13.8. The van der Waals surface area contributed by atoms with Crippen molar-refractivity contribution in [3.05, 3.63) is 190 Å². The van der Waals surface area contributed by atoms with E-state index in [1.165, 1.54) is 11.8 Å².